The number of rotatable bonds is 4. The van der Waals surface area contributed by atoms with Crippen LogP contribution >= 0.6 is 0 Å². The van der Waals surface area contributed by atoms with Crippen molar-refractivity contribution >= 4 is 16.0 Å². The number of carbonyl (C=O) groups is 1. The third-order valence-corrected chi connectivity index (χ3v) is 5.00. The lowest BCUT2D eigenvalue weighted by Crippen LogP contribution is -2.56. The number of carboxylic acids is 1. The van der Waals surface area contributed by atoms with Gasteiger partial charge in [0.2, 0.25) is 10.0 Å². The first-order valence-corrected chi connectivity index (χ1v) is 6.84. The molecule has 0 saturated carbocycles. The van der Waals surface area contributed by atoms with Crippen LogP contribution in [0.4, 0.5) is 0 Å². The number of sulfonamides is 1. The van der Waals surface area contributed by atoms with Crippen LogP contribution in [-0.4, -0.2) is 60.3 Å². The second-order valence-electron chi connectivity index (χ2n) is 3.91. The molecule has 0 radical (unpaired) electrons. The van der Waals surface area contributed by atoms with Gasteiger partial charge in [-0.3, -0.25) is 9.69 Å². The quantitative estimate of drug-likeness (QED) is 0.746. The molecule has 0 amide bonds. The molecule has 1 saturated heterocycles. The maximum atomic E-state index is 12.0. The molecule has 0 aromatic rings. The van der Waals surface area contributed by atoms with Gasteiger partial charge in [0.25, 0.3) is 0 Å². The molecule has 0 bridgehead atoms. The standard InChI is InChI=1S/C9H18N2O4S/c1-3-4-11-6-5-10(7-9(12)13)8(2)16(11,14)15/h8H,3-7H2,1-2H3,(H,12,13)/t8-/m1/s1. The minimum Gasteiger partial charge on any atom is -0.480 e. The van der Waals surface area contributed by atoms with E-state index < -0.39 is 21.4 Å². The van der Waals surface area contributed by atoms with E-state index in [0.717, 1.165) is 6.42 Å². The number of aliphatic carboxylic acids is 1. The van der Waals surface area contributed by atoms with Gasteiger partial charge in [-0.2, -0.15) is 4.31 Å². The van der Waals surface area contributed by atoms with E-state index in [2.05, 4.69) is 0 Å². The first-order valence-electron chi connectivity index (χ1n) is 5.34. The third kappa shape index (κ3) is 2.72. The van der Waals surface area contributed by atoms with E-state index >= 15 is 0 Å². The first-order chi connectivity index (χ1) is 7.39. The van der Waals surface area contributed by atoms with Crippen molar-refractivity contribution in [3.8, 4) is 0 Å². The Morgan fingerprint density at radius 1 is 1.44 bits per heavy atom. The van der Waals surface area contributed by atoms with E-state index in [0.29, 0.717) is 19.6 Å². The van der Waals surface area contributed by atoms with Crippen LogP contribution in [0.5, 0.6) is 0 Å². The molecule has 1 heterocycles. The molecule has 1 atom stereocenters. The Morgan fingerprint density at radius 2 is 2.06 bits per heavy atom. The molecule has 1 aliphatic heterocycles. The third-order valence-electron chi connectivity index (χ3n) is 2.75. The van der Waals surface area contributed by atoms with Gasteiger partial charge in [-0.25, -0.2) is 8.42 Å². The van der Waals surface area contributed by atoms with Gasteiger partial charge in [0, 0.05) is 19.6 Å². The molecule has 16 heavy (non-hydrogen) atoms. The van der Waals surface area contributed by atoms with Crippen molar-refractivity contribution < 1.29 is 18.3 Å². The molecule has 1 rings (SSSR count). The molecule has 1 fully saturated rings. The van der Waals surface area contributed by atoms with Crippen molar-refractivity contribution in [2.75, 3.05) is 26.2 Å². The smallest absolute Gasteiger partial charge is 0.317 e. The Bertz CT molecular complexity index is 355. The molecular formula is C9H18N2O4S. The van der Waals surface area contributed by atoms with Gasteiger partial charge in [0.15, 0.2) is 0 Å². The molecule has 0 spiro atoms. The second-order valence-corrected chi connectivity index (χ2v) is 6.14. The molecule has 0 aromatic heterocycles. The lowest BCUT2D eigenvalue weighted by Gasteiger charge is -2.38. The van der Waals surface area contributed by atoms with Crippen LogP contribution in [0.2, 0.25) is 0 Å². The summed E-state index contributed by atoms with van der Waals surface area (Å²) >= 11 is 0. The van der Waals surface area contributed by atoms with Crippen LogP contribution in [-0.2, 0) is 14.8 Å². The van der Waals surface area contributed by atoms with Crippen molar-refractivity contribution in [2.24, 2.45) is 0 Å². The SMILES string of the molecule is CCCN1CCN(CC(=O)O)[C@@H](C)S1(=O)=O. The molecule has 1 aliphatic rings. The molecular weight excluding hydrogens is 232 g/mol. The summed E-state index contributed by atoms with van der Waals surface area (Å²) in [7, 11) is -3.36. The van der Waals surface area contributed by atoms with Crippen molar-refractivity contribution in [1.29, 1.82) is 0 Å². The van der Waals surface area contributed by atoms with E-state index in [1.807, 2.05) is 6.92 Å². The average Bonchev–Trinajstić information content (AvgIpc) is 2.18. The summed E-state index contributed by atoms with van der Waals surface area (Å²) in [5, 5.41) is 7.93. The average molecular weight is 250 g/mol. The minimum absolute atomic E-state index is 0.222. The topological polar surface area (TPSA) is 77.9 Å². The Hall–Kier alpha value is -0.660. The predicted octanol–water partition coefficient (Wildman–Crippen LogP) is -0.226. The second kappa shape index (κ2) is 5.11. The zero-order chi connectivity index (χ0) is 12.3. The van der Waals surface area contributed by atoms with Crippen LogP contribution in [0, 0.1) is 0 Å². The Labute approximate surface area is 95.9 Å². The van der Waals surface area contributed by atoms with Crippen molar-refractivity contribution in [2.45, 2.75) is 25.6 Å². The van der Waals surface area contributed by atoms with Crippen LogP contribution in [0.25, 0.3) is 0 Å². The van der Waals surface area contributed by atoms with Crippen LogP contribution < -0.4 is 0 Å². The van der Waals surface area contributed by atoms with Crippen LogP contribution in [0.1, 0.15) is 20.3 Å². The van der Waals surface area contributed by atoms with Crippen LogP contribution in [0.3, 0.4) is 0 Å². The van der Waals surface area contributed by atoms with Gasteiger partial charge in [-0.1, -0.05) is 6.92 Å². The normalized spacial score (nSPS) is 26.8. The largest absolute Gasteiger partial charge is 0.480 e. The van der Waals surface area contributed by atoms with Crippen molar-refractivity contribution in [3.63, 3.8) is 0 Å². The maximum Gasteiger partial charge on any atom is 0.317 e. The predicted molar refractivity (Wildman–Crippen MR) is 59.5 cm³/mol. The lowest BCUT2D eigenvalue weighted by molar-refractivity contribution is -0.138. The molecule has 94 valence electrons. The van der Waals surface area contributed by atoms with Gasteiger partial charge in [-0.15, -0.1) is 0 Å². The highest BCUT2D eigenvalue weighted by Crippen LogP contribution is 2.18. The van der Waals surface area contributed by atoms with E-state index in [1.54, 1.807) is 6.92 Å². The van der Waals surface area contributed by atoms with E-state index in [4.69, 9.17) is 5.11 Å². The lowest BCUT2D eigenvalue weighted by atomic mass is 10.4. The number of hydrogen-bond donors (Lipinski definition) is 1. The fourth-order valence-corrected chi connectivity index (χ4v) is 3.58. The molecule has 0 aliphatic carbocycles. The Kier molecular flexibility index (Phi) is 4.28. The summed E-state index contributed by atoms with van der Waals surface area (Å²) in [6.45, 7) is 4.61. The highest BCUT2D eigenvalue weighted by molar-refractivity contribution is 7.89. The summed E-state index contributed by atoms with van der Waals surface area (Å²) in [5.74, 6) is -0.994. The highest BCUT2D eigenvalue weighted by atomic mass is 32.2. The van der Waals surface area contributed by atoms with Gasteiger partial charge >= 0.3 is 5.97 Å². The number of nitrogens with zero attached hydrogens (tertiary/aromatic N) is 2. The summed E-state index contributed by atoms with van der Waals surface area (Å²) in [4.78, 5) is 12.1. The van der Waals surface area contributed by atoms with Crippen LogP contribution in [0.15, 0.2) is 0 Å². The van der Waals surface area contributed by atoms with Gasteiger partial charge in [-0.05, 0) is 13.3 Å². The zero-order valence-corrected chi connectivity index (χ0v) is 10.4. The monoisotopic (exact) mass is 250 g/mol. The fraction of sp³-hybridized carbons (Fsp3) is 0.889. The maximum absolute atomic E-state index is 12.0. The highest BCUT2D eigenvalue weighted by Gasteiger charge is 2.37. The van der Waals surface area contributed by atoms with Crippen molar-refractivity contribution in [3.05, 3.63) is 0 Å². The van der Waals surface area contributed by atoms with E-state index in [-0.39, 0.29) is 6.54 Å². The molecule has 0 aromatic carbocycles. The summed E-state index contributed by atoms with van der Waals surface area (Å²) < 4.78 is 25.4. The van der Waals surface area contributed by atoms with Crippen molar-refractivity contribution in [1.82, 2.24) is 9.21 Å². The van der Waals surface area contributed by atoms with Gasteiger partial charge < -0.3 is 5.11 Å². The first kappa shape index (κ1) is 13.4. The summed E-state index contributed by atoms with van der Waals surface area (Å²) in [5.41, 5.74) is 0. The molecule has 6 nitrogen and oxygen atoms in total. The van der Waals surface area contributed by atoms with E-state index in [1.165, 1.54) is 9.21 Å². The Morgan fingerprint density at radius 3 is 2.56 bits per heavy atom. The number of hydrogen-bond acceptors (Lipinski definition) is 4. The molecule has 7 heteroatoms. The number of carboxylic acid groups (broad SMARTS) is 1. The molecule has 1 N–H and O–H groups in total. The van der Waals surface area contributed by atoms with E-state index in [9.17, 15) is 13.2 Å². The Balaban J connectivity index is 2.78. The molecule has 0 unspecified atom stereocenters. The van der Waals surface area contributed by atoms with Gasteiger partial charge in [0.1, 0.15) is 5.37 Å². The summed E-state index contributed by atoms with van der Waals surface area (Å²) in [6, 6.07) is 0. The summed E-state index contributed by atoms with van der Waals surface area (Å²) in [6.07, 6.45) is 0.769. The fourth-order valence-electron chi connectivity index (χ4n) is 1.82. The zero-order valence-electron chi connectivity index (χ0n) is 9.59. The van der Waals surface area contributed by atoms with Gasteiger partial charge in [0.05, 0.1) is 6.54 Å². The minimum atomic E-state index is -3.36.